The zero-order valence-electron chi connectivity index (χ0n) is 14.7. The average molecular weight is 382 g/mol. The Morgan fingerprint density at radius 3 is 2.75 bits per heavy atom. The molecule has 3 heterocycles. The summed E-state index contributed by atoms with van der Waals surface area (Å²) in [4.78, 5) is 12.7. The van der Waals surface area contributed by atoms with E-state index in [4.69, 9.17) is 4.74 Å². The molecule has 1 aromatic carbocycles. The highest BCUT2D eigenvalue weighted by Crippen LogP contribution is 2.32. The van der Waals surface area contributed by atoms with Crippen LogP contribution in [0.5, 0.6) is 0 Å². The van der Waals surface area contributed by atoms with Gasteiger partial charge in [-0.25, -0.2) is 15.0 Å². The topological polar surface area (TPSA) is 149 Å². The van der Waals surface area contributed by atoms with Crippen LogP contribution in [0.15, 0.2) is 36.9 Å². The van der Waals surface area contributed by atoms with Crippen LogP contribution in [0, 0.1) is 11.3 Å². The van der Waals surface area contributed by atoms with Gasteiger partial charge in [0.1, 0.15) is 24.6 Å². The molecule has 4 rings (SSSR count). The lowest BCUT2D eigenvalue weighted by Crippen LogP contribution is -2.33. The SMILES string of the molecule is N#Cc1ccccc1CNc1ncnc2c1ncn2C1O[C@H](CO)[C@@H](O)[C@H]1O. The van der Waals surface area contributed by atoms with Gasteiger partial charge in [0.2, 0.25) is 0 Å². The first-order chi connectivity index (χ1) is 13.6. The summed E-state index contributed by atoms with van der Waals surface area (Å²) in [7, 11) is 0. The second-order valence-electron chi connectivity index (χ2n) is 6.40. The number of hydrogen-bond acceptors (Lipinski definition) is 9. The van der Waals surface area contributed by atoms with Crippen molar-refractivity contribution in [1.82, 2.24) is 19.5 Å². The zero-order chi connectivity index (χ0) is 19.7. The van der Waals surface area contributed by atoms with Crippen molar-refractivity contribution in [2.75, 3.05) is 11.9 Å². The number of nitrogens with zero attached hydrogens (tertiary/aromatic N) is 5. The van der Waals surface area contributed by atoms with E-state index in [1.54, 1.807) is 12.1 Å². The van der Waals surface area contributed by atoms with Crippen molar-refractivity contribution in [2.45, 2.75) is 31.1 Å². The smallest absolute Gasteiger partial charge is 0.167 e. The molecule has 3 aromatic rings. The van der Waals surface area contributed by atoms with E-state index in [0.717, 1.165) is 5.56 Å². The quantitative estimate of drug-likeness (QED) is 0.475. The maximum atomic E-state index is 10.2. The Hall–Kier alpha value is -3.10. The van der Waals surface area contributed by atoms with Gasteiger partial charge in [-0.3, -0.25) is 4.57 Å². The predicted molar refractivity (Wildman–Crippen MR) is 96.8 cm³/mol. The minimum Gasteiger partial charge on any atom is -0.394 e. The van der Waals surface area contributed by atoms with E-state index in [0.29, 0.717) is 29.1 Å². The number of fused-ring (bicyclic) bond motifs is 1. The molecule has 2 aromatic heterocycles. The van der Waals surface area contributed by atoms with E-state index in [-0.39, 0.29) is 0 Å². The van der Waals surface area contributed by atoms with Crippen molar-refractivity contribution < 1.29 is 20.1 Å². The summed E-state index contributed by atoms with van der Waals surface area (Å²) in [6.45, 7) is -0.0436. The normalized spacial score (nSPS) is 24.4. The molecule has 0 amide bonds. The monoisotopic (exact) mass is 382 g/mol. The van der Waals surface area contributed by atoms with Gasteiger partial charge in [0.25, 0.3) is 0 Å². The Morgan fingerprint density at radius 1 is 1.18 bits per heavy atom. The first-order valence-corrected chi connectivity index (χ1v) is 8.66. The number of aliphatic hydroxyl groups is 3. The molecule has 28 heavy (non-hydrogen) atoms. The van der Waals surface area contributed by atoms with Gasteiger partial charge < -0.3 is 25.4 Å². The van der Waals surface area contributed by atoms with E-state index >= 15 is 0 Å². The van der Waals surface area contributed by atoms with Crippen molar-refractivity contribution in [3.63, 3.8) is 0 Å². The van der Waals surface area contributed by atoms with Crippen molar-refractivity contribution in [1.29, 1.82) is 5.26 Å². The van der Waals surface area contributed by atoms with Crippen LogP contribution in [0.1, 0.15) is 17.4 Å². The van der Waals surface area contributed by atoms with Crippen LogP contribution < -0.4 is 5.32 Å². The van der Waals surface area contributed by atoms with Crippen molar-refractivity contribution >= 4 is 17.0 Å². The Kier molecular flexibility index (Phi) is 4.89. The molecule has 1 aliphatic rings. The molecule has 1 unspecified atom stereocenters. The van der Waals surface area contributed by atoms with Crippen LogP contribution in [0.25, 0.3) is 11.2 Å². The summed E-state index contributed by atoms with van der Waals surface area (Å²) in [6.07, 6.45) is -1.48. The molecule has 0 bridgehead atoms. The van der Waals surface area contributed by atoms with Gasteiger partial charge in [0.05, 0.1) is 24.6 Å². The number of nitriles is 1. The summed E-state index contributed by atoms with van der Waals surface area (Å²) in [6, 6.07) is 9.39. The molecule has 0 spiro atoms. The Labute approximate surface area is 159 Å². The number of imidazole rings is 1. The summed E-state index contributed by atoms with van der Waals surface area (Å²) in [5.74, 6) is 0.461. The van der Waals surface area contributed by atoms with Gasteiger partial charge in [-0.2, -0.15) is 5.26 Å². The molecule has 0 saturated carbocycles. The molecule has 1 aliphatic heterocycles. The molecule has 0 aliphatic carbocycles. The van der Waals surface area contributed by atoms with Crippen LogP contribution >= 0.6 is 0 Å². The number of benzene rings is 1. The third kappa shape index (κ3) is 3.06. The molecule has 4 N–H and O–H groups in total. The van der Waals surface area contributed by atoms with Gasteiger partial charge in [-0.1, -0.05) is 18.2 Å². The molecule has 10 heteroatoms. The molecule has 0 radical (unpaired) electrons. The lowest BCUT2D eigenvalue weighted by molar-refractivity contribution is -0.0511. The van der Waals surface area contributed by atoms with E-state index < -0.39 is 31.1 Å². The van der Waals surface area contributed by atoms with Crippen molar-refractivity contribution in [2.24, 2.45) is 0 Å². The van der Waals surface area contributed by atoms with Gasteiger partial charge in [-0.15, -0.1) is 0 Å². The third-order valence-electron chi connectivity index (χ3n) is 4.73. The molecular weight excluding hydrogens is 364 g/mol. The summed E-state index contributed by atoms with van der Waals surface area (Å²) >= 11 is 0. The molecular formula is C18H18N6O4. The standard InChI is InChI=1S/C18H18N6O4/c19-5-10-3-1-2-4-11(10)6-20-16-13-17(22-8-21-16)24(9-23-13)18-15(27)14(26)12(7-25)28-18/h1-4,8-9,12,14-15,18,25-27H,6-7H2,(H,20,21,22)/t12-,14-,15-,18?/m1/s1. The summed E-state index contributed by atoms with van der Waals surface area (Å²) in [5, 5.41) is 41.8. The molecule has 1 saturated heterocycles. The Bertz CT molecular complexity index is 1030. The fraction of sp³-hybridized carbons (Fsp3) is 0.333. The van der Waals surface area contributed by atoms with Crippen molar-refractivity contribution in [3.05, 3.63) is 48.0 Å². The molecule has 1 fully saturated rings. The number of ether oxygens (including phenoxy) is 1. The lowest BCUT2D eigenvalue weighted by Gasteiger charge is -2.16. The van der Waals surface area contributed by atoms with Gasteiger partial charge >= 0.3 is 0 Å². The largest absolute Gasteiger partial charge is 0.394 e. The second-order valence-corrected chi connectivity index (χ2v) is 6.40. The lowest BCUT2D eigenvalue weighted by atomic mass is 10.1. The highest BCUT2D eigenvalue weighted by Gasteiger charge is 2.44. The highest BCUT2D eigenvalue weighted by atomic mass is 16.6. The van der Waals surface area contributed by atoms with Crippen LogP contribution in [-0.4, -0.2) is 59.8 Å². The maximum Gasteiger partial charge on any atom is 0.167 e. The number of aliphatic hydroxyl groups excluding tert-OH is 3. The first-order valence-electron chi connectivity index (χ1n) is 8.66. The number of aromatic nitrogens is 4. The van der Waals surface area contributed by atoms with Gasteiger partial charge in [0, 0.05) is 6.54 Å². The minimum atomic E-state index is -1.23. The number of rotatable bonds is 5. The third-order valence-corrected chi connectivity index (χ3v) is 4.73. The van der Waals surface area contributed by atoms with E-state index in [1.165, 1.54) is 17.2 Å². The van der Waals surface area contributed by atoms with E-state index in [2.05, 4.69) is 26.3 Å². The predicted octanol–water partition coefficient (Wildman–Crippen LogP) is -0.0784. The molecule has 144 valence electrons. The van der Waals surface area contributed by atoms with Gasteiger partial charge in [0.15, 0.2) is 23.2 Å². The Balaban J connectivity index is 1.62. The minimum absolute atomic E-state index is 0.372. The summed E-state index contributed by atoms with van der Waals surface area (Å²) < 4.78 is 7.04. The fourth-order valence-corrected chi connectivity index (χ4v) is 3.24. The fourth-order valence-electron chi connectivity index (χ4n) is 3.24. The number of hydrogen-bond donors (Lipinski definition) is 4. The van der Waals surface area contributed by atoms with Crippen LogP contribution in [0.4, 0.5) is 5.82 Å². The second kappa shape index (κ2) is 7.49. The van der Waals surface area contributed by atoms with Crippen molar-refractivity contribution in [3.8, 4) is 6.07 Å². The maximum absolute atomic E-state index is 10.2. The van der Waals surface area contributed by atoms with Crippen LogP contribution in [0.2, 0.25) is 0 Å². The first kappa shape index (κ1) is 18.3. The number of anilines is 1. The van der Waals surface area contributed by atoms with E-state index in [9.17, 15) is 20.6 Å². The van der Waals surface area contributed by atoms with Gasteiger partial charge in [-0.05, 0) is 11.6 Å². The number of nitrogens with one attached hydrogen (secondary N) is 1. The Morgan fingerprint density at radius 2 is 2.00 bits per heavy atom. The zero-order valence-corrected chi connectivity index (χ0v) is 14.7. The molecule has 10 nitrogen and oxygen atoms in total. The molecule has 4 atom stereocenters. The average Bonchev–Trinajstić information content (AvgIpc) is 3.28. The van der Waals surface area contributed by atoms with E-state index in [1.807, 2.05) is 12.1 Å². The highest BCUT2D eigenvalue weighted by molar-refractivity contribution is 5.82. The van der Waals surface area contributed by atoms with Crippen LogP contribution in [0.3, 0.4) is 0 Å². The summed E-state index contributed by atoms with van der Waals surface area (Å²) in [5.41, 5.74) is 2.24. The van der Waals surface area contributed by atoms with Crippen LogP contribution in [-0.2, 0) is 11.3 Å².